The fraction of sp³-hybridized carbons (Fsp3) is 0.486. The topological polar surface area (TPSA) is 65.0 Å². The number of carbonyl (C=O) groups is 1. The molecule has 3 aromatic rings. The average Bonchev–Trinajstić information content (AvgIpc) is 3.02. The molecule has 0 radical (unpaired) electrons. The number of rotatable bonds is 10. The molecule has 1 aliphatic carbocycles. The third-order valence-electron chi connectivity index (χ3n) is 10.4. The van der Waals surface area contributed by atoms with Crippen LogP contribution in [0.15, 0.2) is 72.8 Å². The summed E-state index contributed by atoms with van der Waals surface area (Å²) in [7, 11) is 1.71. The Hall–Kier alpha value is -3.35. The maximum Gasteiger partial charge on any atom is 0.221 e. The van der Waals surface area contributed by atoms with Crippen molar-refractivity contribution in [2.45, 2.75) is 75.9 Å². The van der Waals surface area contributed by atoms with Crippen molar-refractivity contribution in [3.63, 3.8) is 0 Å². The Morgan fingerprint density at radius 3 is 2.70 bits per heavy atom. The number of hydrogen-bond donors (Lipinski definition) is 2. The van der Waals surface area contributed by atoms with Crippen LogP contribution >= 0.6 is 0 Å². The summed E-state index contributed by atoms with van der Waals surface area (Å²) in [6.07, 6.45) is 6.73. The van der Waals surface area contributed by atoms with Crippen LogP contribution < -0.4 is 10.1 Å². The van der Waals surface area contributed by atoms with E-state index in [0.717, 1.165) is 77.0 Å². The first kappa shape index (κ1) is 29.7. The van der Waals surface area contributed by atoms with E-state index < -0.39 is 0 Å². The number of nitrogens with zero attached hydrogens (tertiary/aromatic N) is 2. The standard InChI is InChI=1S/C37H47N3O3/c1-27-25-40(17-7-10-28-8-4-3-5-9-28)33-22-32(23-37(27,24-33)31-11-6-12-34(41)21-31)38-36(42)16-19-39-18-15-29-13-14-35(43-2)20-30(29)26-39/h3-6,8-9,11-14,20-21,27,32-33,41H,7,10,15-19,22-26H2,1-2H3,(H,38,42)/t27?,32-,33?,37?/m0/s1. The van der Waals surface area contributed by atoms with E-state index in [4.69, 9.17) is 4.74 Å². The largest absolute Gasteiger partial charge is 0.508 e. The smallest absolute Gasteiger partial charge is 0.221 e. The van der Waals surface area contributed by atoms with Gasteiger partial charge in [0.2, 0.25) is 5.91 Å². The normalized spacial score (nSPS) is 25.6. The highest BCUT2D eigenvalue weighted by atomic mass is 16.5. The SMILES string of the molecule is COc1ccc2c(c1)CN(CCC(=O)N[C@H]1CC3CC(c4cccc(O)c4)(C1)C(C)CN3CCCc1ccccc1)CC2. The number of ether oxygens (including phenoxy) is 1. The molecular formula is C37H47N3O3. The van der Waals surface area contributed by atoms with Crippen molar-refractivity contribution in [1.29, 1.82) is 0 Å². The maximum atomic E-state index is 13.4. The fourth-order valence-electron chi connectivity index (χ4n) is 8.11. The summed E-state index contributed by atoms with van der Waals surface area (Å²) < 4.78 is 5.43. The molecule has 1 amide bonds. The zero-order valence-electron chi connectivity index (χ0n) is 25.8. The van der Waals surface area contributed by atoms with Gasteiger partial charge in [0.25, 0.3) is 0 Å². The van der Waals surface area contributed by atoms with Gasteiger partial charge in [0.05, 0.1) is 7.11 Å². The summed E-state index contributed by atoms with van der Waals surface area (Å²) >= 11 is 0. The molecule has 0 aromatic heterocycles. The van der Waals surface area contributed by atoms with Crippen molar-refractivity contribution in [3.05, 3.63) is 95.1 Å². The number of aryl methyl sites for hydroxylation is 1. The van der Waals surface area contributed by atoms with Gasteiger partial charge in [-0.2, -0.15) is 0 Å². The molecule has 1 saturated heterocycles. The molecule has 2 aliphatic heterocycles. The van der Waals surface area contributed by atoms with Crippen LogP contribution in [-0.4, -0.2) is 66.2 Å². The number of phenolic OH excluding ortho intramolecular Hbond substituents is 1. The number of piperidine rings is 1. The van der Waals surface area contributed by atoms with E-state index in [9.17, 15) is 9.90 Å². The first-order valence-corrected chi connectivity index (χ1v) is 16.2. The highest BCUT2D eigenvalue weighted by Crippen LogP contribution is 2.50. The number of aromatic hydroxyl groups is 1. The lowest BCUT2D eigenvalue weighted by atomic mass is 9.57. The summed E-state index contributed by atoms with van der Waals surface area (Å²) in [4.78, 5) is 18.5. The molecule has 0 spiro atoms. The number of fused-ring (bicyclic) bond motifs is 3. The highest BCUT2D eigenvalue weighted by molar-refractivity contribution is 5.76. The van der Waals surface area contributed by atoms with Crippen molar-refractivity contribution in [2.24, 2.45) is 5.92 Å². The van der Waals surface area contributed by atoms with Gasteiger partial charge in [0.1, 0.15) is 11.5 Å². The number of phenols is 1. The second-order valence-corrected chi connectivity index (χ2v) is 13.2. The number of hydrogen-bond acceptors (Lipinski definition) is 5. The molecule has 6 nitrogen and oxygen atoms in total. The van der Waals surface area contributed by atoms with Crippen LogP contribution in [0.3, 0.4) is 0 Å². The van der Waals surface area contributed by atoms with Crippen molar-refractivity contribution >= 4 is 5.91 Å². The van der Waals surface area contributed by atoms with Crippen LogP contribution in [-0.2, 0) is 29.6 Å². The van der Waals surface area contributed by atoms with Crippen LogP contribution in [0.5, 0.6) is 11.5 Å². The number of carbonyl (C=O) groups excluding carboxylic acids is 1. The zero-order valence-corrected chi connectivity index (χ0v) is 25.8. The van der Waals surface area contributed by atoms with Crippen LogP contribution in [0.25, 0.3) is 0 Å². The van der Waals surface area contributed by atoms with Gasteiger partial charge in [0.15, 0.2) is 0 Å². The molecule has 2 bridgehead atoms. The molecule has 3 unspecified atom stereocenters. The Morgan fingerprint density at radius 2 is 1.88 bits per heavy atom. The summed E-state index contributed by atoms with van der Waals surface area (Å²) in [6.45, 7) is 7.10. The molecule has 2 heterocycles. The molecule has 3 aromatic carbocycles. The predicted molar refractivity (Wildman–Crippen MR) is 171 cm³/mol. The second-order valence-electron chi connectivity index (χ2n) is 13.2. The predicted octanol–water partition coefficient (Wildman–Crippen LogP) is 5.71. The second kappa shape index (κ2) is 13.1. The summed E-state index contributed by atoms with van der Waals surface area (Å²) in [6, 6.07) is 25.5. The summed E-state index contributed by atoms with van der Waals surface area (Å²) in [5.41, 5.74) is 5.25. The molecule has 6 heteroatoms. The maximum absolute atomic E-state index is 13.4. The van der Waals surface area contributed by atoms with E-state index in [2.05, 4.69) is 70.6 Å². The molecule has 1 saturated carbocycles. The minimum atomic E-state index is -0.0504. The molecule has 43 heavy (non-hydrogen) atoms. The number of amides is 1. The van der Waals surface area contributed by atoms with Gasteiger partial charge in [-0.15, -0.1) is 0 Å². The quantitative estimate of drug-likeness (QED) is 0.321. The molecular weight excluding hydrogens is 534 g/mol. The first-order chi connectivity index (χ1) is 20.9. The van der Waals surface area contributed by atoms with Crippen molar-refractivity contribution < 1.29 is 14.6 Å². The van der Waals surface area contributed by atoms with E-state index >= 15 is 0 Å². The minimum absolute atomic E-state index is 0.0504. The van der Waals surface area contributed by atoms with Crippen molar-refractivity contribution in [3.8, 4) is 11.5 Å². The number of benzene rings is 3. The van der Waals surface area contributed by atoms with Crippen LogP contribution in [0, 0.1) is 5.92 Å². The van der Waals surface area contributed by atoms with E-state index in [0.29, 0.717) is 24.1 Å². The zero-order chi connectivity index (χ0) is 29.8. The minimum Gasteiger partial charge on any atom is -0.508 e. The number of nitrogens with one attached hydrogen (secondary N) is 1. The first-order valence-electron chi connectivity index (χ1n) is 16.2. The fourth-order valence-corrected chi connectivity index (χ4v) is 8.11. The van der Waals surface area contributed by atoms with Gasteiger partial charge in [-0.3, -0.25) is 14.6 Å². The average molecular weight is 582 g/mol. The van der Waals surface area contributed by atoms with E-state index in [-0.39, 0.29) is 17.4 Å². The lowest BCUT2D eigenvalue weighted by molar-refractivity contribution is -0.123. The van der Waals surface area contributed by atoms with Gasteiger partial charge in [-0.25, -0.2) is 0 Å². The van der Waals surface area contributed by atoms with E-state index in [1.807, 2.05) is 18.2 Å². The van der Waals surface area contributed by atoms with Gasteiger partial charge in [-0.05, 0) is 97.5 Å². The van der Waals surface area contributed by atoms with Crippen LogP contribution in [0.4, 0.5) is 0 Å². The molecule has 4 atom stereocenters. The molecule has 3 aliphatic rings. The Balaban J connectivity index is 1.11. The van der Waals surface area contributed by atoms with Crippen molar-refractivity contribution in [1.82, 2.24) is 15.1 Å². The van der Waals surface area contributed by atoms with Crippen LogP contribution in [0.1, 0.15) is 61.3 Å². The third-order valence-corrected chi connectivity index (χ3v) is 10.4. The summed E-state index contributed by atoms with van der Waals surface area (Å²) in [5.74, 6) is 1.79. The van der Waals surface area contributed by atoms with Gasteiger partial charge in [-0.1, -0.05) is 55.5 Å². The number of methoxy groups -OCH3 is 1. The molecule has 2 N–H and O–H groups in total. The third kappa shape index (κ3) is 6.76. The Labute approximate surface area is 257 Å². The van der Waals surface area contributed by atoms with Gasteiger partial charge >= 0.3 is 0 Å². The van der Waals surface area contributed by atoms with Crippen molar-refractivity contribution in [2.75, 3.05) is 33.3 Å². The Kier molecular flexibility index (Phi) is 9.06. The monoisotopic (exact) mass is 581 g/mol. The van der Waals surface area contributed by atoms with Gasteiger partial charge in [0, 0.05) is 50.1 Å². The summed E-state index contributed by atoms with van der Waals surface area (Å²) in [5, 5.41) is 13.9. The Morgan fingerprint density at radius 1 is 1.02 bits per heavy atom. The number of likely N-dealkylation sites (tertiary alicyclic amines) is 1. The van der Waals surface area contributed by atoms with Crippen LogP contribution in [0.2, 0.25) is 0 Å². The molecule has 228 valence electrons. The lowest BCUT2D eigenvalue weighted by Gasteiger charge is -2.56. The highest BCUT2D eigenvalue weighted by Gasteiger charge is 2.51. The van der Waals surface area contributed by atoms with Gasteiger partial charge < -0.3 is 15.2 Å². The Bertz CT molecular complexity index is 1390. The lowest BCUT2D eigenvalue weighted by Crippen LogP contribution is -2.61. The van der Waals surface area contributed by atoms with E-state index in [1.54, 1.807) is 13.2 Å². The van der Waals surface area contributed by atoms with E-state index in [1.165, 1.54) is 22.3 Å². The molecule has 6 rings (SSSR count). The molecule has 2 fully saturated rings.